The van der Waals surface area contributed by atoms with Gasteiger partial charge in [0.15, 0.2) is 0 Å². The molecule has 0 nitrogen and oxygen atoms in total. The van der Waals surface area contributed by atoms with Crippen molar-refractivity contribution in [3.63, 3.8) is 0 Å². The average Bonchev–Trinajstić information content (AvgIpc) is 0. The van der Waals surface area contributed by atoms with Crippen molar-refractivity contribution in [3.8, 4) is 0 Å². The van der Waals surface area contributed by atoms with E-state index in [1.165, 1.54) is 0 Å². The third-order valence-electron chi connectivity index (χ3n) is 0. The van der Waals surface area contributed by atoms with E-state index < -0.39 is 0 Å². The standard InChI is InChI=1S/Gd.Ni.Sm.Ti. The summed E-state index contributed by atoms with van der Waals surface area (Å²) >= 11 is 0. The molecule has 0 saturated carbocycles. The van der Waals surface area contributed by atoms with Gasteiger partial charge >= 0.3 is 0 Å². The molecule has 0 aliphatic carbocycles. The molecule has 0 unspecified atom stereocenters. The van der Waals surface area contributed by atoms with Crippen LogP contribution in [0.3, 0.4) is 0 Å². The molecule has 0 amide bonds. The topological polar surface area (TPSA) is 0 Å². The van der Waals surface area contributed by atoms with Crippen molar-refractivity contribution in [1.29, 1.82) is 0 Å². The maximum absolute atomic E-state index is 0. The van der Waals surface area contributed by atoms with Gasteiger partial charge in [-0.2, -0.15) is 0 Å². The Morgan fingerprint density at radius 1 is 1.00 bits per heavy atom. The first-order valence-corrected chi connectivity index (χ1v) is 0. The van der Waals surface area contributed by atoms with Gasteiger partial charge in [-0.25, -0.2) is 0 Å². The molecule has 0 fully saturated rings. The molecule has 28 valence electrons. The predicted octanol–water partition coefficient (Wildman–Crippen LogP) is -0.00500. The molecule has 0 heterocycles. The Morgan fingerprint density at radius 2 is 1.00 bits per heavy atom. The third-order valence-corrected chi connectivity index (χ3v) is 0. The summed E-state index contributed by atoms with van der Waals surface area (Å²) in [5, 5.41) is 0. The fourth-order valence-electron chi connectivity index (χ4n) is 0. The van der Waals surface area contributed by atoms with Crippen LogP contribution < -0.4 is 0 Å². The normalized spacial score (nSPS) is 0. The summed E-state index contributed by atoms with van der Waals surface area (Å²) in [5.74, 6) is 0. The van der Waals surface area contributed by atoms with E-state index in [9.17, 15) is 0 Å². The van der Waals surface area contributed by atoms with Crippen molar-refractivity contribution >= 4 is 0 Å². The first-order valence-electron chi connectivity index (χ1n) is 0. The van der Waals surface area contributed by atoms with Crippen LogP contribution in [0.4, 0.5) is 0 Å². The van der Waals surface area contributed by atoms with Gasteiger partial charge in [-0.15, -0.1) is 0 Å². The van der Waals surface area contributed by atoms with Crippen LogP contribution in [0.5, 0.6) is 0 Å². The maximum Gasteiger partial charge on any atom is 0 e. The second kappa shape index (κ2) is 15.8. The largest absolute Gasteiger partial charge is 0 e. The van der Waals surface area contributed by atoms with Crippen molar-refractivity contribution in [3.05, 3.63) is 0 Å². The minimum absolute atomic E-state index is 0. The molecule has 0 aliphatic rings. The van der Waals surface area contributed by atoms with Gasteiger partial charge in [0.1, 0.15) is 0 Å². The Kier molecular flexibility index (Phi) is 98.0. The van der Waals surface area contributed by atoms with E-state index in [2.05, 4.69) is 0 Å². The number of hydrogen-bond acceptors (Lipinski definition) is 0. The van der Waals surface area contributed by atoms with Crippen LogP contribution in [0.25, 0.3) is 0 Å². The van der Waals surface area contributed by atoms with Crippen LogP contribution in [0.2, 0.25) is 0 Å². The zero-order chi connectivity index (χ0) is 0. The molecule has 0 saturated heterocycles. The van der Waals surface area contributed by atoms with Crippen molar-refractivity contribution in [1.82, 2.24) is 0 Å². The Bertz CT molecular complexity index is 8.00. The van der Waals surface area contributed by atoms with Crippen LogP contribution in [0, 0.1) is 80.3 Å². The van der Waals surface area contributed by atoms with Gasteiger partial charge in [0, 0.05) is 119 Å². The van der Waals surface area contributed by atoms with Gasteiger partial charge < -0.3 is 0 Å². The van der Waals surface area contributed by atoms with Crippen molar-refractivity contribution in [2.45, 2.75) is 0 Å². The molecule has 4 heavy (non-hydrogen) atoms. The molecule has 0 radical (unpaired) electrons. The van der Waals surface area contributed by atoms with Gasteiger partial charge in [0.05, 0.1) is 0 Å². The monoisotopic (exact) mass is 416 g/mol. The Morgan fingerprint density at radius 3 is 1.00 bits per heavy atom. The van der Waals surface area contributed by atoms with E-state index in [0.29, 0.717) is 0 Å². The van der Waals surface area contributed by atoms with Crippen molar-refractivity contribution in [2.75, 3.05) is 0 Å². The average molecular weight is 414 g/mol. The Balaban J connectivity index is 0. The summed E-state index contributed by atoms with van der Waals surface area (Å²) < 4.78 is 0. The molecule has 0 rings (SSSR count). The summed E-state index contributed by atoms with van der Waals surface area (Å²) in [6, 6.07) is 0. The SMILES string of the molecule is [Gd].[Ni].[Sm].[Ti]. The van der Waals surface area contributed by atoms with E-state index in [4.69, 9.17) is 0 Å². The van der Waals surface area contributed by atoms with E-state index >= 15 is 0 Å². The molecule has 4 heteroatoms. The first-order chi connectivity index (χ1) is 0. The fourth-order valence-corrected chi connectivity index (χ4v) is 0. The second-order valence-corrected chi connectivity index (χ2v) is 0. The van der Waals surface area contributed by atoms with Gasteiger partial charge in [-0.05, 0) is 0 Å². The summed E-state index contributed by atoms with van der Waals surface area (Å²) in [6.07, 6.45) is 0. The van der Waals surface area contributed by atoms with Crippen LogP contribution in [-0.2, 0) is 38.2 Å². The van der Waals surface area contributed by atoms with E-state index in [1.54, 1.807) is 0 Å². The molecule has 0 atom stereocenters. The first kappa shape index (κ1) is 24.8. The molecule has 0 spiro atoms. The number of hydrogen-bond donors (Lipinski definition) is 0. The van der Waals surface area contributed by atoms with Gasteiger partial charge in [-0.1, -0.05) is 0 Å². The molecule has 0 aromatic carbocycles. The Hall–Kier alpha value is 3.87. The molecule has 0 N–H and O–H groups in total. The fraction of sp³-hybridized carbons (Fsp3) is 0. The van der Waals surface area contributed by atoms with Crippen LogP contribution >= 0.6 is 0 Å². The summed E-state index contributed by atoms with van der Waals surface area (Å²) in [4.78, 5) is 0. The minimum atomic E-state index is 0. The molecule has 0 aliphatic heterocycles. The predicted molar refractivity (Wildman–Crippen MR) is 0 cm³/mol. The zero-order valence-electron chi connectivity index (χ0n) is 1.58. The molecule has 0 aromatic heterocycles. The smallest absolute Gasteiger partial charge is 0 e. The van der Waals surface area contributed by atoms with Crippen LogP contribution in [0.1, 0.15) is 0 Å². The third kappa shape index (κ3) is 9.30. The van der Waals surface area contributed by atoms with Crippen LogP contribution in [0.15, 0.2) is 0 Å². The molecule has 0 bridgehead atoms. The van der Waals surface area contributed by atoms with E-state index in [1.807, 2.05) is 0 Å². The van der Waals surface area contributed by atoms with Gasteiger partial charge in [-0.3, -0.25) is 0 Å². The van der Waals surface area contributed by atoms with Gasteiger partial charge in [0.25, 0.3) is 0 Å². The van der Waals surface area contributed by atoms with Crippen molar-refractivity contribution < 1.29 is 119 Å². The van der Waals surface area contributed by atoms with Crippen molar-refractivity contribution in [2.24, 2.45) is 0 Å². The number of rotatable bonds is 0. The quantitative estimate of drug-likeness (QED) is 0.490. The van der Waals surface area contributed by atoms with E-state index in [0.717, 1.165) is 0 Å². The minimum Gasteiger partial charge on any atom is 0 e. The Labute approximate surface area is 115 Å². The summed E-state index contributed by atoms with van der Waals surface area (Å²) in [5.41, 5.74) is 0. The van der Waals surface area contributed by atoms with Gasteiger partial charge in [0.2, 0.25) is 0 Å². The van der Waals surface area contributed by atoms with E-state index in [-0.39, 0.29) is 119 Å². The molecular weight excluding hydrogens is 414 g/mol. The summed E-state index contributed by atoms with van der Waals surface area (Å²) in [7, 11) is 0. The zero-order valence-corrected chi connectivity index (χ0v) is 9.02. The second-order valence-electron chi connectivity index (χ2n) is 0. The molecular formula is GdNiSmTi. The maximum atomic E-state index is 0. The molecule has 0 aromatic rings. The van der Waals surface area contributed by atoms with Crippen LogP contribution in [-0.4, -0.2) is 0 Å². The summed E-state index contributed by atoms with van der Waals surface area (Å²) in [6.45, 7) is 0.